The highest BCUT2D eigenvalue weighted by molar-refractivity contribution is 14.1. The molecule has 2 rings (SSSR count). The van der Waals surface area contributed by atoms with Gasteiger partial charge < -0.3 is 0 Å². The molecule has 0 aliphatic carbocycles. The Bertz CT molecular complexity index is 343. The van der Waals surface area contributed by atoms with E-state index in [1.54, 1.807) is 0 Å². The molecule has 0 amide bonds. The lowest BCUT2D eigenvalue weighted by Gasteiger charge is -2.19. The molecule has 1 saturated heterocycles. The monoisotopic (exact) mass is 322 g/mol. The van der Waals surface area contributed by atoms with Crippen LogP contribution in [0.1, 0.15) is 24.4 Å². The molecule has 0 N–H and O–H groups in total. The highest BCUT2D eigenvalue weighted by atomic mass is 127. The van der Waals surface area contributed by atoms with Crippen molar-refractivity contribution in [3.05, 3.63) is 26.5 Å². The van der Waals surface area contributed by atoms with Crippen LogP contribution in [-0.2, 0) is 0 Å². The summed E-state index contributed by atoms with van der Waals surface area (Å²) in [6.45, 7) is 1.18. The number of hydrogen-bond acceptors (Lipinski definition) is 2. The quantitative estimate of drug-likeness (QED) is 0.583. The number of likely N-dealkylation sites (tertiary alicyclic amines) is 1. The van der Waals surface area contributed by atoms with Gasteiger partial charge in [0.2, 0.25) is 0 Å². The van der Waals surface area contributed by atoms with E-state index in [4.69, 9.17) is 11.6 Å². The van der Waals surface area contributed by atoms with Crippen LogP contribution in [0.2, 0.25) is 5.15 Å². The van der Waals surface area contributed by atoms with E-state index in [9.17, 15) is 0 Å². The molecule has 0 saturated carbocycles. The SMILES string of the molecule is CN1CCCC1c1cnc(Cl)c(I)c1. The minimum Gasteiger partial charge on any atom is -0.299 e. The maximum atomic E-state index is 5.89. The first-order valence-corrected chi connectivity index (χ1v) is 6.15. The fraction of sp³-hybridized carbons (Fsp3) is 0.500. The number of pyridine rings is 1. The van der Waals surface area contributed by atoms with Gasteiger partial charge >= 0.3 is 0 Å². The maximum absolute atomic E-state index is 5.89. The molecule has 1 aliphatic heterocycles. The third-order valence-electron chi connectivity index (χ3n) is 2.72. The summed E-state index contributed by atoms with van der Waals surface area (Å²) in [5.41, 5.74) is 1.29. The molecule has 0 aromatic carbocycles. The lowest BCUT2D eigenvalue weighted by molar-refractivity contribution is 0.317. The van der Waals surface area contributed by atoms with Gasteiger partial charge in [0.15, 0.2) is 0 Å². The third-order valence-corrected chi connectivity index (χ3v) is 4.16. The van der Waals surface area contributed by atoms with Gasteiger partial charge in [-0.2, -0.15) is 0 Å². The molecule has 2 nitrogen and oxygen atoms in total. The summed E-state index contributed by atoms with van der Waals surface area (Å²) in [4.78, 5) is 6.56. The van der Waals surface area contributed by atoms with Crippen molar-refractivity contribution in [3.63, 3.8) is 0 Å². The number of halogens is 2. The topological polar surface area (TPSA) is 16.1 Å². The van der Waals surface area contributed by atoms with Crippen molar-refractivity contribution < 1.29 is 0 Å². The Kier molecular flexibility index (Phi) is 3.29. The molecular formula is C10H12ClIN2. The Hall–Kier alpha value is 0.130. The molecule has 1 aliphatic rings. The van der Waals surface area contributed by atoms with Gasteiger partial charge in [0.05, 0.1) is 3.57 Å². The van der Waals surface area contributed by atoms with E-state index in [0.29, 0.717) is 11.2 Å². The second kappa shape index (κ2) is 4.33. The number of hydrogen-bond donors (Lipinski definition) is 0. The average Bonchev–Trinajstić information content (AvgIpc) is 2.57. The smallest absolute Gasteiger partial charge is 0.142 e. The number of rotatable bonds is 1. The molecular weight excluding hydrogens is 310 g/mol. The predicted octanol–water partition coefficient (Wildman–Crippen LogP) is 3.11. The van der Waals surface area contributed by atoms with Gasteiger partial charge in [0.25, 0.3) is 0 Å². The maximum Gasteiger partial charge on any atom is 0.142 e. The predicted molar refractivity (Wildman–Crippen MR) is 66.6 cm³/mol. The third kappa shape index (κ3) is 2.04. The molecule has 0 spiro atoms. The zero-order chi connectivity index (χ0) is 10.1. The first-order valence-electron chi connectivity index (χ1n) is 4.69. The summed E-state index contributed by atoms with van der Waals surface area (Å²) >= 11 is 8.12. The highest BCUT2D eigenvalue weighted by Crippen LogP contribution is 2.31. The van der Waals surface area contributed by atoms with Gasteiger partial charge in [-0.1, -0.05) is 11.6 Å². The Morgan fingerprint density at radius 3 is 3.00 bits per heavy atom. The molecule has 1 aromatic rings. The highest BCUT2D eigenvalue weighted by Gasteiger charge is 2.23. The molecule has 1 atom stereocenters. The normalized spacial score (nSPS) is 22.9. The minimum atomic E-state index is 0.535. The van der Waals surface area contributed by atoms with E-state index in [1.165, 1.54) is 24.9 Å². The van der Waals surface area contributed by atoms with E-state index in [2.05, 4.69) is 45.6 Å². The molecule has 1 unspecified atom stereocenters. The van der Waals surface area contributed by atoms with Gasteiger partial charge in [-0.3, -0.25) is 4.90 Å². The van der Waals surface area contributed by atoms with Crippen LogP contribution in [0.3, 0.4) is 0 Å². The van der Waals surface area contributed by atoms with Crippen LogP contribution < -0.4 is 0 Å². The van der Waals surface area contributed by atoms with E-state index in [1.807, 2.05) is 6.20 Å². The van der Waals surface area contributed by atoms with Crippen molar-refractivity contribution in [3.8, 4) is 0 Å². The fourth-order valence-corrected chi connectivity index (χ4v) is 2.55. The first kappa shape index (κ1) is 10.6. The van der Waals surface area contributed by atoms with E-state index < -0.39 is 0 Å². The molecule has 1 aromatic heterocycles. The number of aromatic nitrogens is 1. The second-order valence-electron chi connectivity index (χ2n) is 3.68. The molecule has 76 valence electrons. The van der Waals surface area contributed by atoms with E-state index >= 15 is 0 Å². The van der Waals surface area contributed by atoms with Crippen LogP contribution in [0.5, 0.6) is 0 Å². The molecule has 2 heterocycles. The standard InChI is InChI=1S/C10H12ClIN2/c1-14-4-2-3-9(14)7-5-8(12)10(11)13-6-7/h5-6,9H,2-4H2,1H3. The van der Waals surface area contributed by atoms with Gasteiger partial charge in [-0.05, 0) is 60.7 Å². The Morgan fingerprint density at radius 2 is 2.43 bits per heavy atom. The summed E-state index contributed by atoms with van der Waals surface area (Å²) in [5.74, 6) is 0. The van der Waals surface area contributed by atoms with E-state index in [0.717, 1.165) is 3.57 Å². The summed E-state index contributed by atoms with van der Waals surface area (Å²) in [5, 5.41) is 0.606. The summed E-state index contributed by atoms with van der Waals surface area (Å²) in [7, 11) is 2.17. The van der Waals surface area contributed by atoms with Crippen molar-refractivity contribution in [1.82, 2.24) is 9.88 Å². The van der Waals surface area contributed by atoms with Crippen molar-refractivity contribution in [1.29, 1.82) is 0 Å². The molecule has 4 heteroatoms. The first-order chi connectivity index (χ1) is 6.68. The van der Waals surface area contributed by atoms with Gasteiger partial charge in [-0.15, -0.1) is 0 Å². The van der Waals surface area contributed by atoms with Crippen LogP contribution >= 0.6 is 34.2 Å². The molecule has 1 fully saturated rings. The van der Waals surface area contributed by atoms with Gasteiger partial charge in [0, 0.05) is 12.2 Å². The molecule has 14 heavy (non-hydrogen) atoms. The van der Waals surface area contributed by atoms with Gasteiger partial charge in [-0.25, -0.2) is 4.98 Å². The lowest BCUT2D eigenvalue weighted by Crippen LogP contribution is -2.17. The zero-order valence-corrected chi connectivity index (χ0v) is 10.9. The summed E-state index contributed by atoms with van der Waals surface area (Å²) in [6, 6.07) is 2.68. The lowest BCUT2D eigenvalue weighted by atomic mass is 10.1. The van der Waals surface area contributed by atoms with E-state index in [-0.39, 0.29) is 0 Å². The summed E-state index contributed by atoms with van der Waals surface area (Å²) in [6.07, 6.45) is 4.41. The van der Waals surface area contributed by atoms with Crippen molar-refractivity contribution in [2.24, 2.45) is 0 Å². The van der Waals surface area contributed by atoms with Crippen LogP contribution in [0.15, 0.2) is 12.3 Å². The van der Waals surface area contributed by atoms with Crippen molar-refractivity contribution in [2.75, 3.05) is 13.6 Å². The largest absolute Gasteiger partial charge is 0.299 e. The van der Waals surface area contributed by atoms with Crippen LogP contribution in [0, 0.1) is 3.57 Å². The summed E-state index contributed by atoms with van der Waals surface area (Å²) < 4.78 is 1.04. The molecule has 0 bridgehead atoms. The van der Waals surface area contributed by atoms with Crippen LogP contribution in [-0.4, -0.2) is 23.5 Å². The Balaban J connectivity index is 2.28. The van der Waals surface area contributed by atoms with Gasteiger partial charge in [0.1, 0.15) is 5.15 Å². The van der Waals surface area contributed by atoms with Crippen LogP contribution in [0.4, 0.5) is 0 Å². The zero-order valence-electron chi connectivity index (χ0n) is 8.00. The Labute approximate surface area is 103 Å². The second-order valence-corrected chi connectivity index (χ2v) is 5.20. The average molecular weight is 323 g/mol. The van der Waals surface area contributed by atoms with Crippen LogP contribution in [0.25, 0.3) is 0 Å². The van der Waals surface area contributed by atoms with Crippen molar-refractivity contribution >= 4 is 34.2 Å². The van der Waals surface area contributed by atoms with Crippen molar-refractivity contribution in [2.45, 2.75) is 18.9 Å². The fourth-order valence-electron chi connectivity index (χ4n) is 1.95. The molecule has 0 radical (unpaired) electrons. The Morgan fingerprint density at radius 1 is 1.64 bits per heavy atom. The minimum absolute atomic E-state index is 0.535. The number of nitrogens with zero attached hydrogens (tertiary/aromatic N) is 2.